The largest absolute Gasteiger partial charge is 0.393 e. The van der Waals surface area contributed by atoms with E-state index in [-0.39, 0.29) is 23.4 Å². The average molecular weight is 239 g/mol. The van der Waals surface area contributed by atoms with E-state index in [9.17, 15) is 20.0 Å². The van der Waals surface area contributed by atoms with Gasteiger partial charge in [-0.1, -0.05) is 0 Å². The van der Waals surface area contributed by atoms with Crippen molar-refractivity contribution in [2.75, 3.05) is 13.1 Å². The van der Waals surface area contributed by atoms with Gasteiger partial charge in [0, 0.05) is 19.2 Å². The lowest BCUT2D eigenvalue weighted by Crippen LogP contribution is -2.40. The molecule has 7 heteroatoms. The van der Waals surface area contributed by atoms with Crippen molar-refractivity contribution in [3.05, 3.63) is 28.1 Å². The minimum absolute atomic E-state index is 0.120. The fraction of sp³-hybridized carbons (Fsp3) is 0.500. The molecular weight excluding hydrogens is 226 g/mol. The second kappa shape index (κ2) is 4.54. The topological polar surface area (TPSA) is 99.5 Å². The van der Waals surface area contributed by atoms with Crippen LogP contribution in [0.1, 0.15) is 23.3 Å². The fourth-order valence-electron chi connectivity index (χ4n) is 1.85. The first-order valence-electron chi connectivity index (χ1n) is 5.38. The summed E-state index contributed by atoms with van der Waals surface area (Å²) >= 11 is 0. The highest BCUT2D eigenvalue weighted by Crippen LogP contribution is 2.17. The Hall–Kier alpha value is -1.89. The van der Waals surface area contributed by atoms with Crippen LogP contribution in [-0.2, 0) is 0 Å². The van der Waals surface area contributed by atoms with Crippen LogP contribution in [0.15, 0.2) is 12.3 Å². The van der Waals surface area contributed by atoms with Crippen molar-refractivity contribution in [3.8, 4) is 0 Å². The molecule has 0 radical (unpaired) electrons. The van der Waals surface area contributed by atoms with E-state index in [1.54, 1.807) is 4.90 Å². The number of aliphatic hydroxyl groups excluding tert-OH is 1. The van der Waals surface area contributed by atoms with E-state index in [2.05, 4.69) is 4.98 Å². The van der Waals surface area contributed by atoms with Gasteiger partial charge in [0.15, 0.2) is 0 Å². The summed E-state index contributed by atoms with van der Waals surface area (Å²) < 4.78 is 0. The summed E-state index contributed by atoms with van der Waals surface area (Å²) in [6.07, 6.45) is 1.95. The Morgan fingerprint density at radius 3 is 2.71 bits per heavy atom. The fourth-order valence-corrected chi connectivity index (χ4v) is 1.85. The average Bonchev–Trinajstić information content (AvgIpc) is 2.78. The number of piperidine rings is 1. The first-order chi connectivity index (χ1) is 8.08. The normalized spacial score (nSPS) is 17.1. The van der Waals surface area contributed by atoms with Gasteiger partial charge in [0.25, 0.3) is 11.6 Å². The van der Waals surface area contributed by atoms with Crippen LogP contribution in [0.5, 0.6) is 0 Å². The molecule has 1 amide bonds. The number of nitrogens with zero attached hydrogens (tertiary/aromatic N) is 2. The smallest absolute Gasteiger partial charge is 0.287 e. The zero-order valence-electron chi connectivity index (χ0n) is 9.13. The molecule has 2 rings (SSSR count). The lowest BCUT2D eigenvalue weighted by atomic mass is 10.1. The summed E-state index contributed by atoms with van der Waals surface area (Å²) in [6.45, 7) is 0.958. The zero-order valence-corrected chi connectivity index (χ0v) is 9.13. The molecule has 0 unspecified atom stereocenters. The third-order valence-electron chi connectivity index (χ3n) is 2.86. The van der Waals surface area contributed by atoms with Crippen molar-refractivity contribution in [2.24, 2.45) is 0 Å². The Bertz CT molecular complexity index is 435. The maximum absolute atomic E-state index is 11.9. The number of rotatable bonds is 2. The standard InChI is InChI=1S/C10H13N3O4/c14-8-1-3-12(4-2-8)10(15)9-5-7(6-11-9)13(16)17/h5-6,8,11,14H,1-4H2. The van der Waals surface area contributed by atoms with Crippen LogP contribution in [0.3, 0.4) is 0 Å². The number of amides is 1. The molecule has 1 aromatic heterocycles. The lowest BCUT2D eigenvalue weighted by molar-refractivity contribution is -0.384. The SMILES string of the molecule is O=C(c1cc([N+](=O)[O-])c[nH]1)N1CCC(O)CC1. The molecule has 0 bridgehead atoms. The van der Waals surface area contributed by atoms with Gasteiger partial charge in [0.1, 0.15) is 5.69 Å². The number of aromatic amines is 1. The van der Waals surface area contributed by atoms with Crippen molar-refractivity contribution in [1.82, 2.24) is 9.88 Å². The van der Waals surface area contributed by atoms with Crippen molar-refractivity contribution >= 4 is 11.6 Å². The molecule has 1 aliphatic rings. The molecule has 0 atom stereocenters. The molecule has 7 nitrogen and oxygen atoms in total. The van der Waals surface area contributed by atoms with Gasteiger partial charge < -0.3 is 15.0 Å². The van der Waals surface area contributed by atoms with E-state index in [4.69, 9.17) is 0 Å². The van der Waals surface area contributed by atoms with E-state index in [1.807, 2.05) is 0 Å². The summed E-state index contributed by atoms with van der Waals surface area (Å²) in [5, 5.41) is 19.8. The van der Waals surface area contributed by atoms with Crippen LogP contribution < -0.4 is 0 Å². The molecule has 0 spiro atoms. The van der Waals surface area contributed by atoms with Crippen molar-refractivity contribution in [3.63, 3.8) is 0 Å². The number of carbonyl (C=O) groups is 1. The molecule has 1 fully saturated rings. The molecule has 0 saturated carbocycles. The molecule has 1 aliphatic heterocycles. The van der Waals surface area contributed by atoms with E-state index < -0.39 is 4.92 Å². The summed E-state index contributed by atoms with van der Waals surface area (Å²) in [6, 6.07) is 1.23. The van der Waals surface area contributed by atoms with Crippen molar-refractivity contribution in [1.29, 1.82) is 0 Å². The third kappa shape index (κ3) is 2.44. The monoisotopic (exact) mass is 239 g/mol. The van der Waals surface area contributed by atoms with Gasteiger partial charge in [-0.15, -0.1) is 0 Å². The van der Waals surface area contributed by atoms with Gasteiger partial charge in [0.2, 0.25) is 0 Å². The Balaban J connectivity index is 2.06. The van der Waals surface area contributed by atoms with E-state index >= 15 is 0 Å². The summed E-state index contributed by atoms with van der Waals surface area (Å²) in [7, 11) is 0. The van der Waals surface area contributed by atoms with Crippen LogP contribution in [-0.4, -0.2) is 45.0 Å². The number of hydrogen-bond donors (Lipinski definition) is 2. The van der Waals surface area contributed by atoms with Gasteiger partial charge in [-0.05, 0) is 12.8 Å². The molecule has 17 heavy (non-hydrogen) atoms. The second-order valence-corrected chi connectivity index (χ2v) is 4.05. The highest BCUT2D eigenvalue weighted by molar-refractivity contribution is 5.93. The van der Waals surface area contributed by atoms with Gasteiger partial charge >= 0.3 is 0 Å². The molecule has 2 N–H and O–H groups in total. The third-order valence-corrected chi connectivity index (χ3v) is 2.86. The Morgan fingerprint density at radius 1 is 1.53 bits per heavy atom. The number of carbonyl (C=O) groups excluding carboxylic acids is 1. The predicted molar refractivity (Wildman–Crippen MR) is 58.6 cm³/mol. The molecule has 0 aliphatic carbocycles. The quantitative estimate of drug-likeness (QED) is 0.580. The predicted octanol–water partition coefficient (Wildman–Crippen LogP) is 0.520. The Labute approximate surface area is 97.2 Å². The van der Waals surface area contributed by atoms with Crippen molar-refractivity contribution in [2.45, 2.75) is 18.9 Å². The molecule has 2 heterocycles. The number of aromatic nitrogens is 1. The number of H-pyrrole nitrogens is 1. The Morgan fingerprint density at radius 2 is 2.18 bits per heavy atom. The van der Waals surface area contributed by atoms with Gasteiger partial charge in [-0.3, -0.25) is 14.9 Å². The highest BCUT2D eigenvalue weighted by atomic mass is 16.6. The van der Waals surface area contributed by atoms with Crippen LogP contribution >= 0.6 is 0 Å². The van der Waals surface area contributed by atoms with E-state index in [1.165, 1.54) is 12.3 Å². The minimum Gasteiger partial charge on any atom is -0.393 e. The maximum atomic E-state index is 11.9. The van der Waals surface area contributed by atoms with Gasteiger partial charge in [-0.2, -0.15) is 0 Å². The minimum atomic E-state index is -0.548. The number of nitrogens with one attached hydrogen (secondary N) is 1. The van der Waals surface area contributed by atoms with Crippen LogP contribution in [0.4, 0.5) is 5.69 Å². The highest BCUT2D eigenvalue weighted by Gasteiger charge is 2.24. The number of aliphatic hydroxyl groups is 1. The van der Waals surface area contributed by atoms with Gasteiger partial charge in [0.05, 0.1) is 17.2 Å². The van der Waals surface area contributed by atoms with Crippen LogP contribution in [0.25, 0.3) is 0 Å². The summed E-state index contributed by atoms with van der Waals surface area (Å²) in [5.74, 6) is -0.259. The van der Waals surface area contributed by atoms with Gasteiger partial charge in [-0.25, -0.2) is 0 Å². The molecule has 1 aromatic rings. The summed E-state index contributed by atoms with van der Waals surface area (Å²) in [5.41, 5.74) is 0.0958. The maximum Gasteiger partial charge on any atom is 0.287 e. The zero-order chi connectivity index (χ0) is 12.4. The lowest BCUT2D eigenvalue weighted by Gasteiger charge is -2.29. The second-order valence-electron chi connectivity index (χ2n) is 4.05. The van der Waals surface area contributed by atoms with E-state index in [0.717, 1.165) is 0 Å². The molecular formula is C10H13N3O4. The number of nitro groups is 1. The number of hydrogen-bond acceptors (Lipinski definition) is 4. The van der Waals surface area contributed by atoms with Crippen LogP contribution in [0, 0.1) is 10.1 Å². The molecule has 1 saturated heterocycles. The first-order valence-corrected chi connectivity index (χ1v) is 5.38. The number of likely N-dealkylation sites (tertiary alicyclic amines) is 1. The first kappa shape index (κ1) is 11.6. The van der Waals surface area contributed by atoms with Crippen molar-refractivity contribution < 1.29 is 14.8 Å². The summed E-state index contributed by atoms with van der Waals surface area (Å²) in [4.78, 5) is 26.1. The van der Waals surface area contributed by atoms with Crippen LogP contribution in [0.2, 0.25) is 0 Å². The molecule has 92 valence electrons. The Kier molecular flexibility index (Phi) is 3.10. The molecule has 0 aromatic carbocycles. The van der Waals surface area contributed by atoms with E-state index in [0.29, 0.717) is 25.9 Å².